The minimum atomic E-state index is -5.40. The van der Waals surface area contributed by atoms with Crippen LogP contribution in [0.1, 0.15) is 39.0 Å². The summed E-state index contributed by atoms with van der Waals surface area (Å²) in [6.07, 6.45) is 1.17. The quantitative estimate of drug-likeness (QED) is 0.114. The van der Waals surface area contributed by atoms with Gasteiger partial charge in [0.1, 0.15) is 0 Å². The monoisotopic (exact) mass is 479 g/mol. The minimum absolute atomic E-state index is 0.00611. The van der Waals surface area contributed by atoms with Gasteiger partial charge in [-0.2, -0.15) is 0 Å². The second-order valence-corrected chi connectivity index (χ2v) is 11.0. The molecule has 1 amide bonds. The van der Waals surface area contributed by atoms with Crippen LogP contribution in [0.15, 0.2) is 0 Å². The molecule has 0 aliphatic heterocycles. The number of hydrogen-bond acceptors (Lipinski definition) is 12. The fraction of sp³-hybridized carbons (Fsp3) is 0.846. The van der Waals surface area contributed by atoms with Crippen LogP contribution in [0.2, 0.25) is 0 Å². The van der Waals surface area contributed by atoms with Crippen LogP contribution in [0.4, 0.5) is 0 Å². The number of hydrogen-bond donors (Lipinski definition) is 1. The molecule has 0 saturated heterocycles. The molecule has 1 N–H and O–H groups in total. The summed E-state index contributed by atoms with van der Waals surface area (Å²) in [5.74, 6) is -1.83. The number of amides is 1. The Kier molecular flexibility index (Phi) is 13.6. The van der Waals surface area contributed by atoms with Crippen molar-refractivity contribution in [1.82, 2.24) is 5.32 Å². The van der Waals surface area contributed by atoms with E-state index in [2.05, 4.69) is 9.84 Å². The minimum Gasteiger partial charge on any atom is -0.790 e. The van der Waals surface area contributed by atoms with Crippen LogP contribution in [0, 0.1) is 0 Å². The zero-order valence-electron chi connectivity index (χ0n) is 15.1. The smallest absolute Gasteiger partial charge is 0.220 e. The number of phosphoric acid groups is 1. The molecule has 0 aliphatic rings. The lowest BCUT2D eigenvalue weighted by atomic mass is 10.1. The lowest BCUT2D eigenvalue weighted by Crippen LogP contribution is -2.54. The van der Waals surface area contributed by atoms with Crippen LogP contribution in [-0.4, -0.2) is 54.3 Å². The van der Waals surface area contributed by atoms with E-state index in [0.717, 1.165) is 25.5 Å². The summed E-state index contributed by atoms with van der Waals surface area (Å²) in [5.41, 5.74) is 0. The van der Waals surface area contributed by atoms with Gasteiger partial charge in [0.2, 0.25) is 5.91 Å². The number of carboxylic acids is 1. The summed E-state index contributed by atoms with van der Waals surface area (Å²) in [6.45, 7) is 1.02. The number of unbranched alkanes of at least 4 members (excludes halogenated alkanes) is 3. The third-order valence-electron chi connectivity index (χ3n) is 3.22. The van der Waals surface area contributed by atoms with E-state index in [1.54, 1.807) is 0 Å². The Balaban J connectivity index is 3.90. The van der Waals surface area contributed by atoms with Crippen molar-refractivity contribution in [2.24, 2.45) is 0 Å². The van der Waals surface area contributed by atoms with Crippen LogP contribution < -0.4 is 20.2 Å². The van der Waals surface area contributed by atoms with Crippen molar-refractivity contribution in [3.63, 3.8) is 0 Å². The number of carbonyl (C=O) groups is 2. The van der Waals surface area contributed by atoms with E-state index in [9.17, 15) is 42.0 Å². The Hall–Kier alpha value is -0.340. The van der Waals surface area contributed by atoms with E-state index in [4.69, 9.17) is 0 Å². The molecule has 0 fully saturated rings. The van der Waals surface area contributed by atoms with Gasteiger partial charge < -0.3 is 38.6 Å². The van der Waals surface area contributed by atoms with E-state index in [1.807, 2.05) is 0 Å². The first kappa shape index (κ1) is 27.7. The van der Waals surface area contributed by atoms with Crippen molar-refractivity contribution in [3.05, 3.63) is 0 Å². The van der Waals surface area contributed by atoms with Crippen LogP contribution >= 0.6 is 29.4 Å². The first-order chi connectivity index (χ1) is 12.8. The second kappa shape index (κ2) is 13.8. The van der Waals surface area contributed by atoms with Gasteiger partial charge in [0, 0.05) is 23.7 Å². The van der Waals surface area contributed by atoms with Crippen LogP contribution in [0.3, 0.4) is 0 Å². The van der Waals surface area contributed by atoms with Crippen molar-refractivity contribution in [3.8, 4) is 0 Å². The molecule has 0 rings (SSSR count). The predicted molar refractivity (Wildman–Crippen MR) is 97.7 cm³/mol. The SMILES string of the molecule is C[C@@H](OP(=O)([O-])[O-])[C@H](NC(=O)CCCCCCSSCCS(=O)(=O)[O-])C(=O)[O-]. The molecule has 0 aromatic heterocycles. The molecular weight excluding hydrogens is 457 g/mol. The Morgan fingerprint density at radius 2 is 1.68 bits per heavy atom. The molecule has 0 unspecified atom stereocenters. The van der Waals surface area contributed by atoms with E-state index in [-0.39, 0.29) is 12.2 Å². The van der Waals surface area contributed by atoms with Gasteiger partial charge in [0.15, 0.2) is 0 Å². The normalized spacial score (nSPS) is 14.4. The summed E-state index contributed by atoms with van der Waals surface area (Å²) in [6, 6.07) is -1.77. The summed E-state index contributed by atoms with van der Waals surface area (Å²) in [7, 11) is -6.83. The summed E-state index contributed by atoms with van der Waals surface area (Å²) >= 11 is 0. The molecule has 0 radical (unpaired) electrons. The topological polar surface area (TPSA) is 199 Å². The predicted octanol–water partition coefficient (Wildman–Crippen LogP) is -1.67. The van der Waals surface area contributed by atoms with Gasteiger partial charge in [-0.1, -0.05) is 34.4 Å². The Morgan fingerprint density at radius 3 is 2.21 bits per heavy atom. The van der Waals surface area contributed by atoms with Gasteiger partial charge in [0.05, 0.1) is 36.1 Å². The number of carboxylic acid groups (broad SMARTS) is 1. The highest BCUT2D eigenvalue weighted by Gasteiger charge is 2.22. The molecule has 15 heteroatoms. The van der Waals surface area contributed by atoms with E-state index >= 15 is 0 Å². The largest absolute Gasteiger partial charge is 0.790 e. The lowest BCUT2D eigenvalue weighted by molar-refractivity contribution is -0.346. The van der Waals surface area contributed by atoms with Crippen LogP contribution in [0.25, 0.3) is 0 Å². The zero-order chi connectivity index (χ0) is 21.8. The van der Waals surface area contributed by atoms with Crippen molar-refractivity contribution in [2.45, 2.75) is 51.2 Å². The standard InChI is InChI=1S/C13H26NO10PS3/c1-10(24-25(18,19)20)12(13(16)17)14-11(15)6-4-2-3-5-7-26-27-8-9-28(21,22)23/h10,12H,2-9H2,1H3,(H,14,15)(H,16,17)(H2,18,19,20)(H,21,22,23)/p-4/t10-,12+/m1/s1. The highest BCUT2D eigenvalue weighted by atomic mass is 33.1. The molecule has 0 aliphatic carbocycles. The fourth-order valence-corrected chi connectivity index (χ4v) is 5.78. The molecule has 0 bridgehead atoms. The Morgan fingerprint density at radius 1 is 1.11 bits per heavy atom. The number of carbonyl (C=O) groups excluding carboxylic acids is 2. The van der Waals surface area contributed by atoms with Gasteiger partial charge in [0.25, 0.3) is 0 Å². The molecule has 11 nitrogen and oxygen atoms in total. The lowest BCUT2D eigenvalue weighted by Gasteiger charge is -2.35. The Bertz CT molecular complexity index is 638. The van der Waals surface area contributed by atoms with Gasteiger partial charge in [-0.05, 0) is 19.8 Å². The maximum atomic E-state index is 11.8. The third kappa shape index (κ3) is 16.6. The average Bonchev–Trinajstić information content (AvgIpc) is 2.51. The summed E-state index contributed by atoms with van der Waals surface area (Å²) in [5, 5.41) is 13.1. The molecule has 0 aromatic carbocycles. The van der Waals surface area contributed by atoms with Gasteiger partial charge in [-0.15, -0.1) is 0 Å². The fourth-order valence-electron chi connectivity index (χ4n) is 1.93. The maximum absolute atomic E-state index is 11.8. The average molecular weight is 479 g/mol. The van der Waals surface area contributed by atoms with E-state index < -0.39 is 47.7 Å². The molecule has 166 valence electrons. The first-order valence-corrected chi connectivity index (χ1v) is 13.7. The zero-order valence-corrected chi connectivity index (χ0v) is 18.4. The molecule has 0 heterocycles. The van der Waals surface area contributed by atoms with Gasteiger partial charge in [-0.25, -0.2) is 8.42 Å². The molecule has 28 heavy (non-hydrogen) atoms. The van der Waals surface area contributed by atoms with Crippen molar-refractivity contribution >= 4 is 51.4 Å². The van der Waals surface area contributed by atoms with Crippen molar-refractivity contribution in [1.29, 1.82) is 0 Å². The molecule has 0 spiro atoms. The van der Waals surface area contributed by atoms with Gasteiger partial charge in [-0.3, -0.25) is 4.79 Å². The van der Waals surface area contributed by atoms with Crippen molar-refractivity contribution < 1.29 is 46.5 Å². The Labute approximate surface area is 171 Å². The first-order valence-electron chi connectivity index (χ1n) is 8.20. The highest BCUT2D eigenvalue weighted by Crippen LogP contribution is 2.28. The highest BCUT2D eigenvalue weighted by molar-refractivity contribution is 8.76. The third-order valence-corrected chi connectivity index (χ3v) is 7.26. The summed E-state index contributed by atoms with van der Waals surface area (Å²) < 4.78 is 45.8. The molecule has 2 atom stereocenters. The summed E-state index contributed by atoms with van der Waals surface area (Å²) in [4.78, 5) is 43.8. The van der Waals surface area contributed by atoms with Crippen molar-refractivity contribution in [2.75, 3.05) is 17.3 Å². The molecular formula is C13H22NO10PS3-4. The molecule has 0 aromatic rings. The number of nitrogens with one attached hydrogen (secondary N) is 1. The number of rotatable bonds is 16. The number of phosphoric ester groups is 1. The maximum Gasteiger partial charge on any atom is 0.220 e. The molecule has 0 saturated carbocycles. The van der Waals surface area contributed by atoms with E-state index in [0.29, 0.717) is 12.8 Å². The van der Waals surface area contributed by atoms with Crippen LogP contribution in [0.5, 0.6) is 0 Å². The van der Waals surface area contributed by atoms with Crippen LogP contribution in [-0.2, 0) is 28.8 Å². The number of aliphatic carboxylic acids is 1. The van der Waals surface area contributed by atoms with Gasteiger partial charge >= 0.3 is 0 Å². The van der Waals surface area contributed by atoms with E-state index in [1.165, 1.54) is 21.6 Å². The second-order valence-electron chi connectivity index (χ2n) is 5.69.